The molecule has 1 saturated carbocycles. The lowest BCUT2D eigenvalue weighted by Crippen LogP contribution is -2.41. The molecule has 0 aromatic heterocycles. The SMILES string of the molecule is CCCC[C@@H]1C[C@@H]1B1OC(C)(C)C(C)(C)O1. The number of hydrogen-bond donors (Lipinski definition) is 0. The summed E-state index contributed by atoms with van der Waals surface area (Å²) in [6.45, 7) is 10.8. The Bertz CT molecular complexity index is 247. The summed E-state index contributed by atoms with van der Waals surface area (Å²) < 4.78 is 12.2. The first kappa shape index (κ1) is 12.4. The van der Waals surface area contributed by atoms with Crippen molar-refractivity contribution in [1.29, 1.82) is 0 Å². The summed E-state index contributed by atoms with van der Waals surface area (Å²) in [6, 6.07) is 0. The van der Waals surface area contributed by atoms with Crippen LogP contribution in [0.3, 0.4) is 0 Å². The van der Waals surface area contributed by atoms with E-state index in [0.717, 1.165) is 5.92 Å². The van der Waals surface area contributed by atoms with Gasteiger partial charge >= 0.3 is 7.12 Å². The molecule has 0 aromatic carbocycles. The second-order valence-electron chi connectivity index (χ2n) is 6.43. The topological polar surface area (TPSA) is 18.5 Å². The molecule has 2 nitrogen and oxygen atoms in total. The van der Waals surface area contributed by atoms with Crippen LogP contribution in [-0.2, 0) is 9.31 Å². The predicted molar refractivity (Wildman–Crippen MR) is 67.5 cm³/mol. The summed E-state index contributed by atoms with van der Waals surface area (Å²) in [6.07, 6.45) is 5.30. The zero-order valence-corrected chi connectivity index (χ0v) is 11.4. The Hall–Kier alpha value is -0.0151. The minimum atomic E-state index is -0.157. The second kappa shape index (κ2) is 4.02. The van der Waals surface area contributed by atoms with Crippen LogP contribution in [0.25, 0.3) is 0 Å². The van der Waals surface area contributed by atoms with Crippen LogP contribution in [-0.4, -0.2) is 18.3 Å². The molecule has 0 amide bonds. The Labute approximate surface area is 100 Å². The molecule has 2 fully saturated rings. The Balaban J connectivity index is 1.86. The van der Waals surface area contributed by atoms with Crippen LogP contribution >= 0.6 is 0 Å². The van der Waals surface area contributed by atoms with Gasteiger partial charge in [-0.2, -0.15) is 0 Å². The highest BCUT2D eigenvalue weighted by Crippen LogP contribution is 2.54. The average molecular weight is 224 g/mol. The Morgan fingerprint density at radius 3 is 2.19 bits per heavy atom. The molecule has 1 aliphatic heterocycles. The van der Waals surface area contributed by atoms with E-state index in [1.165, 1.54) is 25.7 Å². The lowest BCUT2D eigenvalue weighted by Gasteiger charge is -2.32. The summed E-state index contributed by atoms with van der Waals surface area (Å²) in [5.74, 6) is 1.52. The Kier molecular flexibility index (Phi) is 3.13. The van der Waals surface area contributed by atoms with Gasteiger partial charge in [0.05, 0.1) is 11.2 Å². The van der Waals surface area contributed by atoms with Gasteiger partial charge in [0.15, 0.2) is 0 Å². The highest BCUT2D eigenvalue weighted by molar-refractivity contribution is 6.48. The first-order valence-corrected chi connectivity index (χ1v) is 6.73. The third-order valence-electron chi connectivity index (χ3n) is 4.53. The molecular formula is C13H25BO2. The van der Waals surface area contributed by atoms with Gasteiger partial charge in [0.25, 0.3) is 0 Å². The summed E-state index contributed by atoms with van der Waals surface area (Å²) in [4.78, 5) is 0. The van der Waals surface area contributed by atoms with Crippen LogP contribution in [0.2, 0.25) is 5.82 Å². The Morgan fingerprint density at radius 1 is 1.12 bits per heavy atom. The molecule has 1 saturated heterocycles. The van der Waals surface area contributed by atoms with Crippen molar-refractivity contribution in [2.75, 3.05) is 0 Å². The molecule has 0 unspecified atom stereocenters. The van der Waals surface area contributed by atoms with E-state index in [2.05, 4.69) is 34.6 Å². The highest BCUT2D eigenvalue weighted by Gasteiger charge is 2.59. The maximum atomic E-state index is 6.08. The van der Waals surface area contributed by atoms with Gasteiger partial charge < -0.3 is 9.31 Å². The van der Waals surface area contributed by atoms with E-state index in [0.29, 0.717) is 5.82 Å². The highest BCUT2D eigenvalue weighted by atomic mass is 16.7. The standard InChI is InChI=1S/C13H25BO2/c1-6-7-8-10-9-11(10)14-15-12(2,3)13(4,5)16-14/h10-11H,6-9H2,1-5H3/t10-,11+/m1/s1. The zero-order chi connectivity index (χ0) is 12.0. The smallest absolute Gasteiger partial charge is 0.403 e. The van der Waals surface area contributed by atoms with Crippen LogP contribution in [0.15, 0.2) is 0 Å². The van der Waals surface area contributed by atoms with Gasteiger partial charge in [-0.3, -0.25) is 0 Å². The van der Waals surface area contributed by atoms with Crippen molar-refractivity contribution in [3.05, 3.63) is 0 Å². The van der Waals surface area contributed by atoms with E-state index in [1.807, 2.05) is 0 Å². The van der Waals surface area contributed by atoms with Crippen molar-refractivity contribution >= 4 is 7.12 Å². The van der Waals surface area contributed by atoms with Crippen LogP contribution in [0.5, 0.6) is 0 Å². The molecule has 92 valence electrons. The van der Waals surface area contributed by atoms with Gasteiger partial charge in [0.1, 0.15) is 0 Å². The van der Waals surface area contributed by atoms with Crippen molar-refractivity contribution in [3.63, 3.8) is 0 Å². The van der Waals surface area contributed by atoms with Crippen LogP contribution in [0.4, 0.5) is 0 Å². The molecule has 0 radical (unpaired) electrons. The fraction of sp³-hybridized carbons (Fsp3) is 1.00. The molecule has 1 aliphatic carbocycles. The van der Waals surface area contributed by atoms with Crippen molar-refractivity contribution in [2.45, 2.75) is 77.3 Å². The van der Waals surface area contributed by atoms with E-state index >= 15 is 0 Å². The molecule has 0 bridgehead atoms. The van der Waals surface area contributed by atoms with Crippen molar-refractivity contribution in [1.82, 2.24) is 0 Å². The first-order chi connectivity index (χ1) is 7.37. The molecular weight excluding hydrogens is 199 g/mol. The van der Waals surface area contributed by atoms with Crippen LogP contribution < -0.4 is 0 Å². The van der Waals surface area contributed by atoms with Gasteiger partial charge in [-0.25, -0.2) is 0 Å². The quantitative estimate of drug-likeness (QED) is 0.678. The summed E-state index contributed by atoms with van der Waals surface area (Å²) in [5, 5.41) is 0. The van der Waals surface area contributed by atoms with Gasteiger partial charge in [-0.15, -0.1) is 0 Å². The third-order valence-corrected chi connectivity index (χ3v) is 4.53. The average Bonchev–Trinajstić information content (AvgIpc) is 2.87. The lowest BCUT2D eigenvalue weighted by molar-refractivity contribution is 0.00578. The molecule has 0 spiro atoms. The molecule has 0 N–H and O–H groups in total. The molecule has 0 aromatic rings. The van der Waals surface area contributed by atoms with Gasteiger partial charge in [-0.1, -0.05) is 26.2 Å². The molecule has 16 heavy (non-hydrogen) atoms. The lowest BCUT2D eigenvalue weighted by atomic mass is 9.80. The monoisotopic (exact) mass is 224 g/mol. The van der Waals surface area contributed by atoms with Gasteiger partial charge in [-0.05, 0) is 45.9 Å². The molecule has 2 rings (SSSR count). The largest absolute Gasteiger partial charge is 0.461 e. The molecule has 1 heterocycles. The van der Waals surface area contributed by atoms with Gasteiger partial charge in [0.2, 0.25) is 0 Å². The molecule has 2 atom stereocenters. The summed E-state index contributed by atoms with van der Waals surface area (Å²) in [7, 11) is 0.0480. The maximum absolute atomic E-state index is 6.08. The third kappa shape index (κ3) is 2.17. The predicted octanol–water partition coefficient (Wildman–Crippen LogP) is 3.66. The normalized spacial score (nSPS) is 35.4. The van der Waals surface area contributed by atoms with Crippen LogP contribution in [0.1, 0.15) is 60.3 Å². The number of hydrogen-bond acceptors (Lipinski definition) is 2. The molecule has 3 heteroatoms. The number of rotatable bonds is 4. The Morgan fingerprint density at radius 2 is 1.69 bits per heavy atom. The summed E-state index contributed by atoms with van der Waals surface area (Å²) in [5.41, 5.74) is -0.314. The number of unbranched alkanes of at least 4 members (excludes halogenated alkanes) is 1. The van der Waals surface area contributed by atoms with E-state index in [1.54, 1.807) is 0 Å². The van der Waals surface area contributed by atoms with Crippen molar-refractivity contribution in [3.8, 4) is 0 Å². The van der Waals surface area contributed by atoms with Crippen molar-refractivity contribution in [2.24, 2.45) is 5.92 Å². The van der Waals surface area contributed by atoms with E-state index in [-0.39, 0.29) is 18.3 Å². The first-order valence-electron chi connectivity index (χ1n) is 6.73. The van der Waals surface area contributed by atoms with E-state index in [4.69, 9.17) is 9.31 Å². The van der Waals surface area contributed by atoms with Gasteiger partial charge in [0, 0.05) is 0 Å². The second-order valence-corrected chi connectivity index (χ2v) is 6.43. The van der Waals surface area contributed by atoms with E-state index in [9.17, 15) is 0 Å². The van der Waals surface area contributed by atoms with E-state index < -0.39 is 0 Å². The molecule has 2 aliphatic rings. The summed E-state index contributed by atoms with van der Waals surface area (Å²) >= 11 is 0. The minimum absolute atomic E-state index is 0.0480. The van der Waals surface area contributed by atoms with Crippen molar-refractivity contribution < 1.29 is 9.31 Å². The zero-order valence-electron chi connectivity index (χ0n) is 11.4. The van der Waals surface area contributed by atoms with Crippen LogP contribution in [0, 0.1) is 5.92 Å². The fourth-order valence-corrected chi connectivity index (χ4v) is 2.47. The maximum Gasteiger partial charge on any atom is 0.461 e. The fourth-order valence-electron chi connectivity index (χ4n) is 2.47. The minimum Gasteiger partial charge on any atom is -0.403 e.